The molecule has 0 radical (unpaired) electrons. The summed E-state index contributed by atoms with van der Waals surface area (Å²) < 4.78 is 10.6. The van der Waals surface area contributed by atoms with E-state index in [4.69, 9.17) is 9.47 Å². The summed E-state index contributed by atoms with van der Waals surface area (Å²) in [5.41, 5.74) is 1.98. The SMILES string of the molecule is COc1ccc(Nc2cnnc(N(C)CCc3ccncc3)n2)c(OC)c1. The van der Waals surface area contributed by atoms with Gasteiger partial charge in [-0.1, -0.05) is 0 Å². The van der Waals surface area contributed by atoms with Crippen LogP contribution in [0.25, 0.3) is 0 Å². The minimum atomic E-state index is 0.543. The second-order valence-corrected chi connectivity index (χ2v) is 5.86. The van der Waals surface area contributed by atoms with E-state index in [-0.39, 0.29) is 0 Å². The molecule has 0 fully saturated rings. The second kappa shape index (κ2) is 8.79. The monoisotopic (exact) mass is 366 g/mol. The standard InChI is InChI=1S/C19H22N6O2/c1-25(11-8-14-6-9-20-10-7-14)19-23-18(13-21-24-19)22-16-5-4-15(26-2)12-17(16)27-3/h4-7,9-10,12-13H,8,11H2,1-3H3,(H,22,23,24). The average molecular weight is 366 g/mol. The van der Waals surface area contributed by atoms with E-state index in [1.54, 1.807) is 38.9 Å². The summed E-state index contributed by atoms with van der Waals surface area (Å²) in [6.45, 7) is 0.765. The van der Waals surface area contributed by atoms with Gasteiger partial charge in [0, 0.05) is 32.1 Å². The van der Waals surface area contributed by atoms with E-state index in [0.29, 0.717) is 17.5 Å². The Morgan fingerprint density at radius 1 is 1.07 bits per heavy atom. The molecule has 0 saturated carbocycles. The van der Waals surface area contributed by atoms with Crippen LogP contribution in [-0.4, -0.2) is 48.0 Å². The van der Waals surface area contributed by atoms with Gasteiger partial charge in [0.25, 0.3) is 0 Å². The quantitative estimate of drug-likeness (QED) is 0.651. The van der Waals surface area contributed by atoms with Crippen molar-refractivity contribution in [3.63, 3.8) is 0 Å². The number of likely N-dealkylation sites (N-methyl/N-ethyl adjacent to an activating group) is 1. The number of nitrogens with zero attached hydrogens (tertiary/aromatic N) is 5. The first kappa shape index (κ1) is 18.4. The Morgan fingerprint density at radius 3 is 2.63 bits per heavy atom. The van der Waals surface area contributed by atoms with Crippen LogP contribution in [0.2, 0.25) is 0 Å². The minimum Gasteiger partial charge on any atom is -0.497 e. The molecule has 2 aromatic heterocycles. The first-order valence-electron chi connectivity index (χ1n) is 8.48. The highest BCUT2D eigenvalue weighted by Crippen LogP contribution is 2.31. The van der Waals surface area contributed by atoms with Gasteiger partial charge in [0.05, 0.1) is 26.1 Å². The van der Waals surface area contributed by atoms with Gasteiger partial charge < -0.3 is 19.7 Å². The van der Waals surface area contributed by atoms with Gasteiger partial charge in [-0.3, -0.25) is 4.98 Å². The number of aromatic nitrogens is 4. The van der Waals surface area contributed by atoms with Crippen LogP contribution in [0.3, 0.4) is 0 Å². The number of rotatable bonds is 8. The van der Waals surface area contributed by atoms with Crippen molar-refractivity contribution in [2.24, 2.45) is 0 Å². The third-order valence-electron chi connectivity index (χ3n) is 4.05. The lowest BCUT2D eigenvalue weighted by atomic mass is 10.2. The van der Waals surface area contributed by atoms with Crippen LogP contribution in [0.5, 0.6) is 11.5 Å². The zero-order valence-electron chi connectivity index (χ0n) is 15.6. The molecule has 1 N–H and O–H groups in total. The number of hydrogen-bond donors (Lipinski definition) is 1. The molecule has 0 saturated heterocycles. The molecule has 0 spiro atoms. The smallest absolute Gasteiger partial charge is 0.247 e. The number of anilines is 3. The van der Waals surface area contributed by atoms with Crippen molar-refractivity contribution in [3.05, 3.63) is 54.5 Å². The van der Waals surface area contributed by atoms with Gasteiger partial charge in [-0.25, -0.2) is 0 Å². The van der Waals surface area contributed by atoms with Crippen LogP contribution in [0.4, 0.5) is 17.5 Å². The predicted molar refractivity (Wildman–Crippen MR) is 104 cm³/mol. The molecule has 2 heterocycles. The zero-order valence-corrected chi connectivity index (χ0v) is 15.6. The highest BCUT2D eigenvalue weighted by atomic mass is 16.5. The van der Waals surface area contributed by atoms with Gasteiger partial charge in [-0.05, 0) is 36.2 Å². The summed E-state index contributed by atoms with van der Waals surface area (Å²) in [5, 5.41) is 11.4. The molecule has 3 rings (SSSR count). The molecular weight excluding hydrogens is 344 g/mol. The molecular formula is C19H22N6O2. The van der Waals surface area contributed by atoms with Crippen molar-refractivity contribution >= 4 is 17.5 Å². The Balaban J connectivity index is 1.70. The maximum Gasteiger partial charge on any atom is 0.247 e. The van der Waals surface area contributed by atoms with Crippen molar-refractivity contribution in [3.8, 4) is 11.5 Å². The number of pyridine rings is 1. The summed E-state index contributed by atoms with van der Waals surface area (Å²) in [5.74, 6) is 2.50. The van der Waals surface area contributed by atoms with Crippen molar-refractivity contribution in [2.75, 3.05) is 38.0 Å². The first-order chi connectivity index (χ1) is 13.2. The Bertz CT molecular complexity index is 875. The molecule has 140 valence electrons. The maximum atomic E-state index is 5.40. The van der Waals surface area contributed by atoms with Crippen LogP contribution in [0.15, 0.2) is 48.9 Å². The van der Waals surface area contributed by atoms with E-state index in [2.05, 4.69) is 25.5 Å². The van der Waals surface area contributed by atoms with Gasteiger partial charge in [-0.15, -0.1) is 5.10 Å². The zero-order chi connectivity index (χ0) is 19.1. The lowest BCUT2D eigenvalue weighted by Gasteiger charge is -2.17. The number of nitrogens with one attached hydrogen (secondary N) is 1. The Hall–Kier alpha value is -3.42. The van der Waals surface area contributed by atoms with Crippen LogP contribution in [0, 0.1) is 0 Å². The fourth-order valence-electron chi connectivity index (χ4n) is 2.50. The molecule has 27 heavy (non-hydrogen) atoms. The Kier molecular flexibility index (Phi) is 5.98. The topological polar surface area (TPSA) is 85.3 Å². The van der Waals surface area contributed by atoms with E-state index in [1.807, 2.05) is 36.2 Å². The van der Waals surface area contributed by atoms with Gasteiger partial charge in [-0.2, -0.15) is 10.1 Å². The number of ether oxygens (including phenoxy) is 2. The number of hydrogen-bond acceptors (Lipinski definition) is 8. The van der Waals surface area contributed by atoms with Gasteiger partial charge in [0.1, 0.15) is 11.5 Å². The van der Waals surface area contributed by atoms with E-state index < -0.39 is 0 Å². The highest BCUT2D eigenvalue weighted by Gasteiger charge is 2.10. The Labute approximate surface area is 158 Å². The summed E-state index contributed by atoms with van der Waals surface area (Å²) in [4.78, 5) is 10.5. The van der Waals surface area contributed by atoms with Crippen molar-refractivity contribution in [1.29, 1.82) is 0 Å². The van der Waals surface area contributed by atoms with Crippen molar-refractivity contribution in [2.45, 2.75) is 6.42 Å². The number of benzene rings is 1. The molecule has 0 aliphatic heterocycles. The molecule has 0 aliphatic rings. The van der Waals surface area contributed by atoms with E-state index in [1.165, 1.54) is 5.56 Å². The normalized spacial score (nSPS) is 10.3. The lowest BCUT2D eigenvalue weighted by Crippen LogP contribution is -2.23. The summed E-state index contributed by atoms with van der Waals surface area (Å²) in [7, 11) is 5.16. The molecule has 0 unspecified atom stereocenters. The van der Waals surface area contributed by atoms with Crippen LogP contribution in [-0.2, 0) is 6.42 Å². The van der Waals surface area contributed by atoms with E-state index in [9.17, 15) is 0 Å². The van der Waals surface area contributed by atoms with Crippen molar-refractivity contribution in [1.82, 2.24) is 20.2 Å². The minimum absolute atomic E-state index is 0.543. The molecule has 8 heteroatoms. The third kappa shape index (κ3) is 4.81. The third-order valence-corrected chi connectivity index (χ3v) is 4.05. The fourth-order valence-corrected chi connectivity index (χ4v) is 2.50. The second-order valence-electron chi connectivity index (χ2n) is 5.86. The molecule has 0 atom stereocenters. The lowest BCUT2D eigenvalue weighted by molar-refractivity contribution is 0.395. The molecule has 8 nitrogen and oxygen atoms in total. The molecule has 3 aromatic rings. The number of methoxy groups -OCH3 is 2. The summed E-state index contributed by atoms with van der Waals surface area (Å²) >= 11 is 0. The van der Waals surface area contributed by atoms with E-state index >= 15 is 0 Å². The highest BCUT2D eigenvalue weighted by molar-refractivity contribution is 5.65. The summed E-state index contributed by atoms with van der Waals surface area (Å²) in [6, 6.07) is 9.52. The fraction of sp³-hybridized carbons (Fsp3) is 0.263. The van der Waals surface area contributed by atoms with Gasteiger partial charge >= 0.3 is 0 Å². The largest absolute Gasteiger partial charge is 0.497 e. The molecule has 1 aromatic carbocycles. The predicted octanol–water partition coefficient (Wildman–Crippen LogP) is 2.71. The van der Waals surface area contributed by atoms with Gasteiger partial charge in [0.2, 0.25) is 5.95 Å². The van der Waals surface area contributed by atoms with Crippen LogP contribution < -0.4 is 19.7 Å². The molecule has 0 amide bonds. The van der Waals surface area contributed by atoms with Gasteiger partial charge in [0.15, 0.2) is 5.82 Å². The maximum absolute atomic E-state index is 5.40. The van der Waals surface area contributed by atoms with E-state index in [0.717, 1.165) is 24.4 Å². The van der Waals surface area contributed by atoms with Crippen LogP contribution in [0.1, 0.15) is 5.56 Å². The van der Waals surface area contributed by atoms with Crippen LogP contribution >= 0.6 is 0 Å². The Morgan fingerprint density at radius 2 is 1.89 bits per heavy atom. The molecule has 0 bridgehead atoms. The van der Waals surface area contributed by atoms with Crippen molar-refractivity contribution < 1.29 is 9.47 Å². The molecule has 0 aliphatic carbocycles. The first-order valence-corrected chi connectivity index (χ1v) is 8.48. The average Bonchev–Trinajstić information content (AvgIpc) is 2.73. The summed E-state index contributed by atoms with van der Waals surface area (Å²) in [6.07, 6.45) is 6.02.